The highest BCUT2D eigenvalue weighted by atomic mass is 35.5. The van der Waals surface area contributed by atoms with Gasteiger partial charge in [0.25, 0.3) is 5.91 Å². The number of carbonyl (C=O) groups excluding carboxylic acids is 1. The molecule has 0 aliphatic rings. The second-order valence-corrected chi connectivity index (χ2v) is 4.09. The van der Waals surface area contributed by atoms with Crippen LogP contribution in [0.3, 0.4) is 0 Å². The molecule has 0 saturated carbocycles. The van der Waals surface area contributed by atoms with Gasteiger partial charge in [0.15, 0.2) is 0 Å². The first-order valence-electron chi connectivity index (χ1n) is 5.14. The fourth-order valence-electron chi connectivity index (χ4n) is 1.47. The summed E-state index contributed by atoms with van der Waals surface area (Å²) >= 11 is 5.85. The minimum Gasteiger partial charge on any atom is -0.322 e. The highest BCUT2D eigenvalue weighted by molar-refractivity contribution is 6.30. The van der Waals surface area contributed by atoms with Gasteiger partial charge in [0.1, 0.15) is 0 Å². The first-order valence-corrected chi connectivity index (χ1v) is 5.52. The number of pyridine rings is 1. The normalized spacial score (nSPS) is 9.44. The summed E-state index contributed by atoms with van der Waals surface area (Å²) in [7, 11) is 0. The van der Waals surface area contributed by atoms with E-state index in [2.05, 4.69) is 10.3 Å². The SMILES string of the molecule is Cc1cc(Cl)ccc1NC(=O)c1ccncc1.Cl. The minimum absolute atomic E-state index is 0. The molecule has 1 amide bonds. The van der Waals surface area contributed by atoms with E-state index in [-0.39, 0.29) is 18.3 Å². The lowest BCUT2D eigenvalue weighted by molar-refractivity contribution is 0.102. The van der Waals surface area contributed by atoms with Gasteiger partial charge in [-0.3, -0.25) is 9.78 Å². The summed E-state index contributed by atoms with van der Waals surface area (Å²) in [5, 5.41) is 3.49. The summed E-state index contributed by atoms with van der Waals surface area (Å²) in [5.74, 6) is -0.155. The molecule has 0 radical (unpaired) electrons. The molecule has 1 aromatic heterocycles. The summed E-state index contributed by atoms with van der Waals surface area (Å²) in [4.78, 5) is 15.7. The van der Waals surface area contributed by atoms with Crippen molar-refractivity contribution >= 4 is 35.6 Å². The average molecular weight is 283 g/mol. The Morgan fingerprint density at radius 3 is 2.50 bits per heavy atom. The van der Waals surface area contributed by atoms with Gasteiger partial charge >= 0.3 is 0 Å². The summed E-state index contributed by atoms with van der Waals surface area (Å²) in [6.07, 6.45) is 3.17. The maximum absolute atomic E-state index is 11.9. The van der Waals surface area contributed by atoms with Gasteiger partial charge in [-0.05, 0) is 42.8 Å². The van der Waals surface area contributed by atoms with Crippen molar-refractivity contribution in [3.63, 3.8) is 0 Å². The second-order valence-electron chi connectivity index (χ2n) is 3.65. The quantitative estimate of drug-likeness (QED) is 0.912. The van der Waals surface area contributed by atoms with Crippen LogP contribution in [-0.2, 0) is 0 Å². The Morgan fingerprint density at radius 2 is 1.89 bits per heavy atom. The summed E-state index contributed by atoms with van der Waals surface area (Å²) in [5.41, 5.74) is 2.27. The van der Waals surface area contributed by atoms with Gasteiger partial charge in [-0.1, -0.05) is 11.6 Å². The monoisotopic (exact) mass is 282 g/mol. The largest absolute Gasteiger partial charge is 0.322 e. The molecular weight excluding hydrogens is 271 g/mol. The summed E-state index contributed by atoms with van der Waals surface area (Å²) < 4.78 is 0. The molecule has 2 aromatic rings. The number of nitrogens with zero attached hydrogens (tertiary/aromatic N) is 1. The predicted molar refractivity (Wildman–Crippen MR) is 75.6 cm³/mol. The lowest BCUT2D eigenvalue weighted by atomic mass is 10.2. The Kier molecular flexibility index (Phi) is 5.13. The molecule has 0 aliphatic carbocycles. The van der Waals surface area contributed by atoms with E-state index in [9.17, 15) is 4.79 Å². The molecule has 0 unspecified atom stereocenters. The Balaban J connectivity index is 0.00000162. The van der Waals surface area contributed by atoms with Crippen LogP contribution in [0, 0.1) is 6.92 Å². The fourth-order valence-corrected chi connectivity index (χ4v) is 1.69. The van der Waals surface area contributed by atoms with Crippen molar-refractivity contribution in [2.75, 3.05) is 5.32 Å². The Hall–Kier alpha value is -1.58. The van der Waals surface area contributed by atoms with Crippen LogP contribution in [0.1, 0.15) is 15.9 Å². The Bertz CT molecular complexity index is 544. The molecule has 0 bridgehead atoms. The van der Waals surface area contributed by atoms with Crippen LogP contribution in [0.4, 0.5) is 5.69 Å². The van der Waals surface area contributed by atoms with Gasteiger partial charge < -0.3 is 5.32 Å². The number of benzene rings is 1. The van der Waals surface area contributed by atoms with Gasteiger partial charge in [0, 0.05) is 28.7 Å². The molecule has 2 rings (SSSR count). The smallest absolute Gasteiger partial charge is 0.255 e. The van der Waals surface area contributed by atoms with Crippen LogP contribution < -0.4 is 5.32 Å². The molecule has 0 saturated heterocycles. The van der Waals surface area contributed by atoms with Crippen LogP contribution in [0.5, 0.6) is 0 Å². The standard InChI is InChI=1S/C13H11ClN2O.ClH/c1-9-8-11(14)2-3-12(9)16-13(17)10-4-6-15-7-5-10;/h2-8H,1H3,(H,16,17);1H. The summed E-state index contributed by atoms with van der Waals surface area (Å²) in [6.45, 7) is 1.90. The first kappa shape index (κ1) is 14.5. The van der Waals surface area contributed by atoms with E-state index in [1.165, 1.54) is 0 Å². The number of halogens is 2. The predicted octanol–water partition coefficient (Wildman–Crippen LogP) is 3.72. The number of nitrogens with one attached hydrogen (secondary N) is 1. The van der Waals surface area contributed by atoms with E-state index in [4.69, 9.17) is 11.6 Å². The maximum Gasteiger partial charge on any atom is 0.255 e. The number of rotatable bonds is 2. The third kappa shape index (κ3) is 3.45. The van der Waals surface area contributed by atoms with Crippen molar-refractivity contribution in [2.45, 2.75) is 6.92 Å². The van der Waals surface area contributed by atoms with Crippen molar-refractivity contribution in [3.05, 3.63) is 58.9 Å². The molecule has 1 aromatic carbocycles. The third-order valence-electron chi connectivity index (χ3n) is 2.38. The minimum atomic E-state index is -0.155. The Labute approximate surface area is 117 Å². The number of amides is 1. The molecule has 0 atom stereocenters. The molecule has 5 heteroatoms. The van der Waals surface area contributed by atoms with Crippen LogP contribution in [0.15, 0.2) is 42.7 Å². The summed E-state index contributed by atoms with van der Waals surface area (Å²) in [6, 6.07) is 8.68. The number of carbonyl (C=O) groups is 1. The molecular formula is C13H12Cl2N2O. The molecule has 0 spiro atoms. The maximum atomic E-state index is 11.9. The van der Waals surface area contributed by atoms with Crippen molar-refractivity contribution in [2.24, 2.45) is 0 Å². The van der Waals surface area contributed by atoms with E-state index >= 15 is 0 Å². The van der Waals surface area contributed by atoms with Gasteiger partial charge in [-0.2, -0.15) is 0 Å². The van der Waals surface area contributed by atoms with Gasteiger partial charge in [-0.25, -0.2) is 0 Å². The average Bonchev–Trinajstić information content (AvgIpc) is 2.34. The van der Waals surface area contributed by atoms with Crippen molar-refractivity contribution in [3.8, 4) is 0 Å². The van der Waals surface area contributed by atoms with E-state index in [1.54, 1.807) is 36.7 Å². The van der Waals surface area contributed by atoms with Crippen LogP contribution in [-0.4, -0.2) is 10.9 Å². The second kappa shape index (κ2) is 6.38. The topological polar surface area (TPSA) is 42.0 Å². The molecule has 1 heterocycles. The zero-order valence-corrected chi connectivity index (χ0v) is 11.3. The molecule has 18 heavy (non-hydrogen) atoms. The van der Waals surface area contributed by atoms with Crippen molar-refractivity contribution in [1.82, 2.24) is 4.98 Å². The van der Waals surface area contributed by atoms with E-state index in [0.717, 1.165) is 11.3 Å². The lowest BCUT2D eigenvalue weighted by Gasteiger charge is -2.08. The van der Waals surface area contributed by atoms with E-state index in [0.29, 0.717) is 10.6 Å². The third-order valence-corrected chi connectivity index (χ3v) is 2.61. The van der Waals surface area contributed by atoms with E-state index in [1.807, 2.05) is 13.0 Å². The van der Waals surface area contributed by atoms with Crippen LogP contribution in [0.2, 0.25) is 5.02 Å². The van der Waals surface area contributed by atoms with Crippen LogP contribution in [0.25, 0.3) is 0 Å². The molecule has 0 aliphatic heterocycles. The van der Waals surface area contributed by atoms with Crippen LogP contribution >= 0.6 is 24.0 Å². The van der Waals surface area contributed by atoms with Crippen molar-refractivity contribution < 1.29 is 4.79 Å². The number of aryl methyl sites for hydroxylation is 1. The fraction of sp³-hybridized carbons (Fsp3) is 0.0769. The number of anilines is 1. The molecule has 3 nitrogen and oxygen atoms in total. The van der Waals surface area contributed by atoms with Gasteiger partial charge in [0.05, 0.1) is 0 Å². The van der Waals surface area contributed by atoms with Gasteiger partial charge in [-0.15, -0.1) is 12.4 Å². The first-order chi connectivity index (χ1) is 8.16. The Morgan fingerprint density at radius 1 is 1.22 bits per heavy atom. The lowest BCUT2D eigenvalue weighted by Crippen LogP contribution is -2.12. The van der Waals surface area contributed by atoms with Gasteiger partial charge in [0.2, 0.25) is 0 Å². The van der Waals surface area contributed by atoms with Crippen molar-refractivity contribution in [1.29, 1.82) is 0 Å². The number of aromatic nitrogens is 1. The highest BCUT2D eigenvalue weighted by Crippen LogP contribution is 2.20. The molecule has 94 valence electrons. The number of hydrogen-bond donors (Lipinski definition) is 1. The highest BCUT2D eigenvalue weighted by Gasteiger charge is 2.07. The zero-order chi connectivity index (χ0) is 12.3. The van der Waals surface area contributed by atoms with E-state index < -0.39 is 0 Å². The number of hydrogen-bond acceptors (Lipinski definition) is 2. The zero-order valence-electron chi connectivity index (χ0n) is 9.68. The molecule has 0 fully saturated rings. The molecule has 1 N–H and O–H groups in total.